The van der Waals surface area contributed by atoms with Gasteiger partial charge in [-0.25, -0.2) is 14.9 Å². The van der Waals surface area contributed by atoms with Gasteiger partial charge in [-0.1, -0.05) is 60.1 Å². The average Bonchev–Trinajstić information content (AvgIpc) is 3.26. The van der Waals surface area contributed by atoms with Gasteiger partial charge in [0.2, 0.25) is 11.9 Å². The molecule has 0 radical (unpaired) electrons. The number of rotatable bonds is 3. The second-order valence-electron chi connectivity index (χ2n) is 6.69. The van der Waals surface area contributed by atoms with Gasteiger partial charge in [-0.2, -0.15) is 5.01 Å². The molecule has 2 aliphatic heterocycles. The average molecular weight is 414 g/mol. The Morgan fingerprint density at radius 1 is 0.900 bits per heavy atom. The normalized spacial score (nSPS) is 18.0. The molecule has 0 unspecified atom stereocenters. The molecule has 1 N–H and O–H groups in total. The molecule has 2 heterocycles. The van der Waals surface area contributed by atoms with Crippen LogP contribution in [0, 0.1) is 0 Å². The molecule has 2 aliphatic rings. The number of amides is 1. The van der Waals surface area contributed by atoms with Crippen molar-refractivity contribution in [3.8, 4) is 0 Å². The van der Waals surface area contributed by atoms with Crippen LogP contribution in [0.1, 0.15) is 5.56 Å². The molecule has 0 aliphatic carbocycles. The molecule has 7 heteroatoms. The van der Waals surface area contributed by atoms with E-state index in [4.69, 9.17) is 11.6 Å². The van der Waals surface area contributed by atoms with Crippen LogP contribution in [0.25, 0.3) is 6.08 Å². The zero-order chi connectivity index (χ0) is 20.5. The number of hydrogen-bond donors (Lipinski definition) is 1. The first kappa shape index (κ1) is 18.1. The highest BCUT2D eigenvalue weighted by Crippen LogP contribution is 2.29. The highest BCUT2D eigenvalue weighted by atomic mass is 35.5. The Bertz CT molecular complexity index is 1190. The van der Waals surface area contributed by atoms with E-state index in [1.165, 1.54) is 5.01 Å². The Hall–Kier alpha value is -3.90. The maximum absolute atomic E-state index is 13.0. The van der Waals surface area contributed by atoms with Crippen molar-refractivity contribution in [1.29, 1.82) is 0 Å². The number of fused-ring (bicyclic) bond motifs is 1. The number of halogens is 1. The van der Waals surface area contributed by atoms with Gasteiger partial charge >= 0.3 is 0 Å². The first-order valence-electron chi connectivity index (χ1n) is 9.35. The topological polar surface area (TPSA) is 60.3 Å². The third kappa shape index (κ3) is 3.33. The van der Waals surface area contributed by atoms with Crippen LogP contribution in [0.2, 0.25) is 5.02 Å². The Balaban J connectivity index is 1.59. The summed E-state index contributed by atoms with van der Waals surface area (Å²) in [7, 11) is 0. The van der Waals surface area contributed by atoms with Gasteiger partial charge in [-0.15, -0.1) is 0 Å². The van der Waals surface area contributed by atoms with Crippen LogP contribution in [0.3, 0.4) is 0 Å². The monoisotopic (exact) mass is 413 g/mol. The summed E-state index contributed by atoms with van der Waals surface area (Å²) in [5.74, 6) is 0.680. The zero-order valence-corrected chi connectivity index (χ0v) is 16.5. The van der Waals surface area contributed by atoms with E-state index >= 15 is 0 Å². The maximum atomic E-state index is 13.0. The molecule has 3 aromatic rings. The van der Waals surface area contributed by atoms with E-state index in [2.05, 4.69) is 15.4 Å². The van der Waals surface area contributed by atoms with Crippen LogP contribution in [0.4, 0.5) is 11.4 Å². The molecule has 0 spiro atoms. The molecule has 1 fully saturated rings. The van der Waals surface area contributed by atoms with Gasteiger partial charge in [0.15, 0.2) is 0 Å². The van der Waals surface area contributed by atoms with Crippen LogP contribution in [0.15, 0.2) is 101 Å². The van der Waals surface area contributed by atoms with Crippen molar-refractivity contribution in [2.45, 2.75) is 0 Å². The van der Waals surface area contributed by atoms with Gasteiger partial charge in [-0.3, -0.25) is 10.2 Å². The third-order valence-electron chi connectivity index (χ3n) is 4.65. The number of carbonyl (C=O) groups excluding carboxylic acids is 1. The molecule has 0 bridgehead atoms. The number of benzene rings is 3. The van der Waals surface area contributed by atoms with Crippen LogP contribution in [0.5, 0.6) is 0 Å². The van der Waals surface area contributed by atoms with Crippen molar-refractivity contribution in [3.05, 3.63) is 101 Å². The summed E-state index contributed by atoms with van der Waals surface area (Å²) in [6.45, 7) is 0. The van der Waals surface area contributed by atoms with Gasteiger partial charge < -0.3 is 0 Å². The van der Waals surface area contributed by atoms with Gasteiger partial charge in [0.1, 0.15) is 5.70 Å². The number of nitrogens with zero attached hydrogens (tertiary/aromatic N) is 4. The van der Waals surface area contributed by atoms with Crippen molar-refractivity contribution < 1.29 is 4.79 Å². The minimum atomic E-state index is -0.244. The second kappa shape index (κ2) is 7.50. The summed E-state index contributed by atoms with van der Waals surface area (Å²) < 4.78 is 0. The van der Waals surface area contributed by atoms with E-state index in [0.29, 0.717) is 22.6 Å². The zero-order valence-electron chi connectivity index (χ0n) is 15.7. The minimum absolute atomic E-state index is 0.244. The number of nitrogens with one attached hydrogen (secondary N) is 1. The summed E-state index contributed by atoms with van der Waals surface area (Å²) in [6, 6.07) is 26.4. The number of hydrogen-bond acceptors (Lipinski definition) is 3. The quantitative estimate of drug-likeness (QED) is 0.639. The van der Waals surface area contributed by atoms with Crippen molar-refractivity contribution in [3.63, 3.8) is 0 Å². The molecule has 6 nitrogen and oxygen atoms in total. The number of guanidine groups is 2. The summed E-state index contributed by atoms with van der Waals surface area (Å²) >= 11 is 6.06. The fourth-order valence-electron chi connectivity index (χ4n) is 3.24. The number of aliphatic imine (C=N–C) groups is 2. The molecule has 0 atom stereocenters. The summed E-state index contributed by atoms with van der Waals surface area (Å²) in [4.78, 5) is 24.1. The molecular formula is C23H16ClN5O. The summed E-state index contributed by atoms with van der Waals surface area (Å²) in [5, 5.41) is 2.03. The fourth-order valence-corrected chi connectivity index (χ4v) is 3.36. The lowest BCUT2D eigenvalue weighted by Crippen LogP contribution is -2.38. The molecular weight excluding hydrogens is 398 g/mol. The predicted octanol–water partition coefficient (Wildman–Crippen LogP) is 4.59. The smallest absolute Gasteiger partial charge is 0.265 e. The minimum Gasteiger partial charge on any atom is -0.265 e. The van der Waals surface area contributed by atoms with Crippen molar-refractivity contribution >= 4 is 46.9 Å². The van der Waals surface area contributed by atoms with Crippen LogP contribution in [-0.2, 0) is 4.79 Å². The molecule has 0 saturated carbocycles. The Kier molecular flexibility index (Phi) is 4.53. The molecule has 0 aromatic heterocycles. The van der Waals surface area contributed by atoms with E-state index in [-0.39, 0.29) is 5.91 Å². The first-order valence-corrected chi connectivity index (χ1v) is 9.73. The second-order valence-corrected chi connectivity index (χ2v) is 7.12. The largest absolute Gasteiger partial charge is 0.298 e. The Labute approximate surface area is 178 Å². The standard InChI is InChI=1S/C23H16ClN5O/c24-17-11-13-19(14-12-17)28-22(25-18-9-5-2-6-10-18)27-29-21(30)20(26-23(28)29)15-16-7-3-1-4-8-16/h1-15H,(H,25,27)/b20-15-. The van der Waals surface area contributed by atoms with E-state index in [1.807, 2.05) is 72.8 Å². The van der Waals surface area contributed by atoms with E-state index in [9.17, 15) is 4.79 Å². The predicted molar refractivity (Wildman–Crippen MR) is 119 cm³/mol. The molecule has 3 aromatic carbocycles. The molecule has 1 amide bonds. The van der Waals surface area contributed by atoms with Crippen molar-refractivity contribution in [1.82, 2.24) is 10.4 Å². The number of anilines is 1. The van der Waals surface area contributed by atoms with E-state index < -0.39 is 0 Å². The summed E-state index contributed by atoms with van der Waals surface area (Å²) in [5.41, 5.74) is 5.89. The van der Waals surface area contributed by atoms with Gasteiger partial charge in [0.05, 0.1) is 11.4 Å². The highest BCUT2D eigenvalue weighted by Gasteiger charge is 2.43. The first-order chi connectivity index (χ1) is 14.7. The van der Waals surface area contributed by atoms with E-state index in [0.717, 1.165) is 16.9 Å². The van der Waals surface area contributed by atoms with Gasteiger partial charge in [-0.05, 0) is 48.0 Å². The molecule has 1 saturated heterocycles. The van der Waals surface area contributed by atoms with Crippen molar-refractivity contribution in [2.75, 3.05) is 4.90 Å². The SMILES string of the molecule is O=C1/C(=C/c2ccccc2)N=C2N1NC(=Nc1ccccc1)N2c1ccc(Cl)cc1. The van der Waals surface area contributed by atoms with Gasteiger partial charge in [0, 0.05) is 5.02 Å². The van der Waals surface area contributed by atoms with Crippen LogP contribution >= 0.6 is 11.6 Å². The number of carbonyl (C=O) groups is 1. The summed E-state index contributed by atoms with van der Waals surface area (Å²) in [6.07, 6.45) is 1.77. The van der Waals surface area contributed by atoms with Gasteiger partial charge in [0.25, 0.3) is 5.91 Å². The lowest BCUT2D eigenvalue weighted by Gasteiger charge is -2.16. The lowest BCUT2D eigenvalue weighted by molar-refractivity contribution is -0.123. The molecule has 146 valence electrons. The molecule has 30 heavy (non-hydrogen) atoms. The van der Waals surface area contributed by atoms with Crippen LogP contribution < -0.4 is 10.3 Å². The Morgan fingerprint density at radius 2 is 1.57 bits per heavy atom. The highest BCUT2D eigenvalue weighted by molar-refractivity contribution is 6.32. The number of para-hydroxylation sites is 1. The Morgan fingerprint density at radius 3 is 2.27 bits per heavy atom. The lowest BCUT2D eigenvalue weighted by atomic mass is 10.2. The number of hydrazine groups is 1. The molecule has 5 rings (SSSR count). The van der Waals surface area contributed by atoms with Crippen LogP contribution in [-0.4, -0.2) is 22.8 Å². The van der Waals surface area contributed by atoms with E-state index in [1.54, 1.807) is 23.1 Å². The fraction of sp³-hybridized carbons (Fsp3) is 0. The maximum Gasteiger partial charge on any atom is 0.298 e. The van der Waals surface area contributed by atoms with Crippen molar-refractivity contribution in [2.24, 2.45) is 9.98 Å². The third-order valence-corrected chi connectivity index (χ3v) is 4.90.